The molecule has 0 fully saturated rings. The molecular weight excluding hydrogens is 204 g/mol. The fourth-order valence-electron chi connectivity index (χ4n) is 1.48. The summed E-state index contributed by atoms with van der Waals surface area (Å²) in [6, 6.07) is 0. The normalized spacial score (nSPS) is 11.0. The molecule has 0 aromatic carbocycles. The zero-order valence-electron chi connectivity index (χ0n) is 10.0. The second-order valence-corrected chi connectivity index (χ2v) is 4.44. The number of carbonyl (C=O) groups is 1. The van der Waals surface area contributed by atoms with Crippen molar-refractivity contribution in [2.24, 2.45) is 11.7 Å². The maximum absolute atomic E-state index is 11.6. The van der Waals surface area contributed by atoms with E-state index < -0.39 is 0 Å². The molecule has 0 spiro atoms. The Balaban J connectivity index is 2.28. The molecule has 0 aliphatic carbocycles. The first-order chi connectivity index (χ1) is 7.61. The van der Waals surface area contributed by atoms with Crippen LogP contribution in [0.1, 0.15) is 38.8 Å². The molecule has 0 aliphatic heterocycles. The van der Waals surface area contributed by atoms with Crippen molar-refractivity contribution in [2.75, 3.05) is 0 Å². The number of Topliss-reactive ketones (excluding diaryl/α,β-unsaturated/α-hetero) is 1. The minimum atomic E-state index is 0.203. The molecule has 16 heavy (non-hydrogen) atoms. The minimum absolute atomic E-state index is 0.203. The Morgan fingerprint density at radius 1 is 1.56 bits per heavy atom. The van der Waals surface area contributed by atoms with Crippen molar-refractivity contribution < 1.29 is 4.79 Å². The smallest absolute Gasteiger partial charge is 0.154 e. The number of ketones is 1. The predicted molar refractivity (Wildman–Crippen MR) is 61.6 cm³/mol. The lowest BCUT2D eigenvalue weighted by Crippen LogP contribution is -2.10. The number of nitrogens with zero attached hydrogens (tertiary/aromatic N) is 3. The maximum Gasteiger partial charge on any atom is 0.154 e. The average molecular weight is 224 g/mol. The molecule has 1 rings (SSSR count). The van der Waals surface area contributed by atoms with Gasteiger partial charge in [-0.05, 0) is 12.3 Å². The van der Waals surface area contributed by atoms with Crippen LogP contribution in [0.2, 0.25) is 0 Å². The fourth-order valence-corrected chi connectivity index (χ4v) is 1.48. The van der Waals surface area contributed by atoms with Gasteiger partial charge in [-0.25, -0.2) is 4.68 Å². The van der Waals surface area contributed by atoms with Crippen LogP contribution >= 0.6 is 0 Å². The standard InChI is InChI=1S/C11H20N4O/c1-9(2)4-3-5-11(16)8-15-7-10(6-12)13-14-15/h7,9H,3-6,8,12H2,1-2H3. The largest absolute Gasteiger partial charge is 0.325 e. The van der Waals surface area contributed by atoms with Crippen molar-refractivity contribution in [3.63, 3.8) is 0 Å². The Kier molecular flexibility index (Phi) is 5.11. The van der Waals surface area contributed by atoms with Crippen molar-refractivity contribution >= 4 is 5.78 Å². The van der Waals surface area contributed by atoms with E-state index in [0.717, 1.165) is 18.5 Å². The van der Waals surface area contributed by atoms with Crippen LogP contribution < -0.4 is 5.73 Å². The van der Waals surface area contributed by atoms with Crippen molar-refractivity contribution in [3.05, 3.63) is 11.9 Å². The average Bonchev–Trinajstić information content (AvgIpc) is 2.65. The molecule has 0 bridgehead atoms. The van der Waals surface area contributed by atoms with Crippen LogP contribution in [0.4, 0.5) is 0 Å². The highest BCUT2D eigenvalue weighted by atomic mass is 16.1. The van der Waals surface area contributed by atoms with E-state index in [1.54, 1.807) is 10.9 Å². The van der Waals surface area contributed by atoms with Crippen LogP contribution in [0, 0.1) is 5.92 Å². The lowest BCUT2D eigenvalue weighted by Gasteiger charge is -2.03. The van der Waals surface area contributed by atoms with Crippen molar-refractivity contribution in [3.8, 4) is 0 Å². The summed E-state index contributed by atoms with van der Waals surface area (Å²) >= 11 is 0. The molecule has 0 saturated heterocycles. The molecule has 0 amide bonds. The monoisotopic (exact) mass is 224 g/mol. The number of nitrogens with two attached hydrogens (primary N) is 1. The van der Waals surface area contributed by atoms with Crippen LogP contribution in [0.25, 0.3) is 0 Å². The number of hydrogen-bond acceptors (Lipinski definition) is 4. The summed E-state index contributed by atoms with van der Waals surface area (Å²) in [6.45, 7) is 5.00. The van der Waals surface area contributed by atoms with Gasteiger partial charge >= 0.3 is 0 Å². The van der Waals surface area contributed by atoms with Crippen molar-refractivity contribution in [1.82, 2.24) is 15.0 Å². The number of rotatable bonds is 7. The van der Waals surface area contributed by atoms with Gasteiger partial charge in [0, 0.05) is 13.0 Å². The summed E-state index contributed by atoms with van der Waals surface area (Å²) in [5, 5.41) is 7.67. The van der Waals surface area contributed by atoms with Crippen molar-refractivity contribution in [2.45, 2.75) is 46.2 Å². The highest BCUT2D eigenvalue weighted by Gasteiger charge is 2.06. The molecular formula is C11H20N4O. The molecule has 1 heterocycles. The van der Waals surface area contributed by atoms with Gasteiger partial charge in [0.25, 0.3) is 0 Å². The predicted octanol–water partition coefficient (Wildman–Crippen LogP) is 1.13. The topological polar surface area (TPSA) is 73.8 Å². The van der Waals surface area contributed by atoms with Crippen LogP contribution in [-0.4, -0.2) is 20.8 Å². The Morgan fingerprint density at radius 2 is 2.31 bits per heavy atom. The summed E-state index contributed by atoms with van der Waals surface area (Å²) in [6.07, 6.45) is 4.39. The van der Waals surface area contributed by atoms with Gasteiger partial charge in [-0.1, -0.05) is 25.5 Å². The van der Waals surface area contributed by atoms with Gasteiger partial charge < -0.3 is 5.73 Å². The van der Waals surface area contributed by atoms with Crippen LogP contribution in [0.15, 0.2) is 6.20 Å². The summed E-state index contributed by atoms with van der Waals surface area (Å²) in [5.74, 6) is 0.858. The minimum Gasteiger partial charge on any atom is -0.325 e. The molecule has 0 radical (unpaired) electrons. The van der Waals surface area contributed by atoms with Crippen LogP contribution in [-0.2, 0) is 17.9 Å². The molecule has 2 N–H and O–H groups in total. The van der Waals surface area contributed by atoms with Gasteiger partial charge in [-0.3, -0.25) is 4.79 Å². The van der Waals surface area contributed by atoms with E-state index in [1.165, 1.54) is 0 Å². The molecule has 0 atom stereocenters. The highest BCUT2D eigenvalue weighted by molar-refractivity contribution is 5.77. The lowest BCUT2D eigenvalue weighted by molar-refractivity contribution is -0.120. The first-order valence-corrected chi connectivity index (χ1v) is 5.72. The van der Waals surface area contributed by atoms with Gasteiger partial charge in [0.2, 0.25) is 0 Å². The highest BCUT2D eigenvalue weighted by Crippen LogP contribution is 2.07. The lowest BCUT2D eigenvalue weighted by atomic mass is 10.1. The second-order valence-electron chi connectivity index (χ2n) is 4.44. The fraction of sp³-hybridized carbons (Fsp3) is 0.727. The zero-order chi connectivity index (χ0) is 12.0. The van der Waals surface area contributed by atoms with E-state index in [1.807, 2.05) is 0 Å². The Hall–Kier alpha value is -1.23. The molecule has 1 aromatic heterocycles. The van der Waals surface area contributed by atoms with E-state index >= 15 is 0 Å². The van der Waals surface area contributed by atoms with Crippen LogP contribution in [0.5, 0.6) is 0 Å². The quantitative estimate of drug-likeness (QED) is 0.753. The zero-order valence-corrected chi connectivity index (χ0v) is 10.0. The van der Waals surface area contributed by atoms with Crippen LogP contribution in [0.3, 0.4) is 0 Å². The SMILES string of the molecule is CC(C)CCCC(=O)Cn1cc(CN)nn1. The number of hydrogen-bond donors (Lipinski definition) is 1. The Labute approximate surface area is 96.0 Å². The van der Waals surface area contributed by atoms with E-state index in [9.17, 15) is 4.79 Å². The van der Waals surface area contributed by atoms with E-state index in [-0.39, 0.29) is 5.78 Å². The third-order valence-electron chi connectivity index (χ3n) is 2.37. The van der Waals surface area contributed by atoms with E-state index in [0.29, 0.717) is 25.4 Å². The molecule has 1 aromatic rings. The third-order valence-corrected chi connectivity index (χ3v) is 2.37. The van der Waals surface area contributed by atoms with Gasteiger partial charge in [-0.15, -0.1) is 5.10 Å². The van der Waals surface area contributed by atoms with Gasteiger partial charge in [0.15, 0.2) is 5.78 Å². The van der Waals surface area contributed by atoms with Crippen molar-refractivity contribution in [1.29, 1.82) is 0 Å². The first-order valence-electron chi connectivity index (χ1n) is 5.72. The number of carbonyl (C=O) groups excluding carboxylic acids is 1. The molecule has 0 aliphatic rings. The number of aromatic nitrogens is 3. The van der Waals surface area contributed by atoms with Gasteiger partial charge in [0.1, 0.15) is 6.54 Å². The maximum atomic E-state index is 11.6. The summed E-state index contributed by atoms with van der Waals surface area (Å²) in [4.78, 5) is 11.6. The summed E-state index contributed by atoms with van der Waals surface area (Å²) in [7, 11) is 0. The Bertz CT molecular complexity index is 332. The first kappa shape index (κ1) is 12.8. The second kappa shape index (κ2) is 6.37. The Morgan fingerprint density at radius 3 is 2.88 bits per heavy atom. The summed E-state index contributed by atoms with van der Waals surface area (Å²) in [5.41, 5.74) is 6.12. The van der Waals surface area contributed by atoms with E-state index in [2.05, 4.69) is 24.2 Å². The molecule has 5 heteroatoms. The van der Waals surface area contributed by atoms with Gasteiger partial charge in [0.05, 0.1) is 11.9 Å². The van der Waals surface area contributed by atoms with Gasteiger partial charge in [-0.2, -0.15) is 0 Å². The molecule has 0 unspecified atom stereocenters. The molecule has 90 valence electrons. The third kappa shape index (κ3) is 4.53. The molecule has 5 nitrogen and oxygen atoms in total. The summed E-state index contributed by atoms with van der Waals surface area (Å²) < 4.78 is 1.56. The molecule has 0 saturated carbocycles. The van der Waals surface area contributed by atoms with E-state index in [4.69, 9.17) is 5.73 Å².